The predicted octanol–water partition coefficient (Wildman–Crippen LogP) is 5.46. The van der Waals surface area contributed by atoms with Gasteiger partial charge < -0.3 is 4.90 Å². The number of carbonyl (C=O) groups excluding carboxylic acids is 2. The second-order valence-corrected chi connectivity index (χ2v) is 9.03. The number of hydrogen-bond acceptors (Lipinski definition) is 3. The van der Waals surface area contributed by atoms with Crippen molar-refractivity contribution in [1.29, 1.82) is 0 Å². The standard InChI is InChI=1S/C11H18O.C10H19NO.CH4/c1-11(2,3)8-7-10(12)9-5-4-6-9;1-10(2,3)9(12)7-6-8-11(4)5;/h5H,4,6-8H2,1-3H3;6-7H,8H2,1-5H3;1H4/b;7-6+;. The molecule has 1 rings (SSSR count). The Hall–Kier alpha value is -1.22. The Bertz CT molecular complexity index is 471. The van der Waals surface area contributed by atoms with Gasteiger partial charge in [-0.25, -0.2) is 0 Å². The van der Waals surface area contributed by atoms with Crippen molar-refractivity contribution < 1.29 is 9.59 Å². The molecule has 0 fully saturated rings. The minimum absolute atomic E-state index is 0. The number of likely N-dealkylation sites (N-methyl/N-ethyl adjacent to an activating group) is 1. The number of ketones is 2. The third kappa shape index (κ3) is 13.7. The van der Waals surface area contributed by atoms with Crippen molar-refractivity contribution in [1.82, 2.24) is 4.90 Å². The van der Waals surface area contributed by atoms with Gasteiger partial charge in [0.1, 0.15) is 0 Å². The van der Waals surface area contributed by atoms with E-state index in [1.165, 1.54) is 0 Å². The van der Waals surface area contributed by atoms with Gasteiger partial charge in [0.2, 0.25) is 0 Å². The molecule has 3 heteroatoms. The normalized spacial score (nSPS) is 14.2. The third-order valence-corrected chi connectivity index (χ3v) is 3.74. The lowest BCUT2D eigenvalue weighted by Gasteiger charge is -2.19. The van der Waals surface area contributed by atoms with E-state index in [9.17, 15) is 9.59 Å². The summed E-state index contributed by atoms with van der Waals surface area (Å²) in [5, 5.41) is 0. The molecule has 0 aromatic rings. The number of rotatable bonds is 6. The van der Waals surface area contributed by atoms with Crippen molar-refractivity contribution in [2.75, 3.05) is 20.6 Å². The van der Waals surface area contributed by atoms with Crippen LogP contribution in [0.1, 0.15) is 74.7 Å². The van der Waals surface area contributed by atoms with E-state index in [0.717, 1.165) is 37.8 Å². The largest absolute Gasteiger partial charge is 0.306 e. The van der Waals surface area contributed by atoms with Crippen LogP contribution in [0, 0.1) is 10.8 Å². The summed E-state index contributed by atoms with van der Waals surface area (Å²) in [6.45, 7) is 13.1. The number of nitrogens with zero attached hydrogens (tertiary/aromatic N) is 1. The average Bonchev–Trinajstić information content (AvgIpc) is 2.32. The zero-order valence-corrected chi connectivity index (χ0v) is 17.0. The van der Waals surface area contributed by atoms with E-state index < -0.39 is 0 Å². The highest BCUT2D eigenvalue weighted by Gasteiger charge is 2.18. The fraction of sp³-hybridized carbons (Fsp3) is 0.727. The monoisotopic (exact) mass is 351 g/mol. The average molecular weight is 352 g/mol. The second-order valence-electron chi connectivity index (χ2n) is 9.03. The Morgan fingerprint density at radius 3 is 1.96 bits per heavy atom. The molecule has 0 saturated carbocycles. The molecule has 3 nitrogen and oxygen atoms in total. The summed E-state index contributed by atoms with van der Waals surface area (Å²) in [5.41, 5.74) is 1.11. The van der Waals surface area contributed by atoms with Crippen LogP contribution in [0.2, 0.25) is 0 Å². The van der Waals surface area contributed by atoms with Crippen LogP contribution in [0.5, 0.6) is 0 Å². The van der Waals surface area contributed by atoms with Crippen LogP contribution in [0.15, 0.2) is 23.8 Å². The highest BCUT2D eigenvalue weighted by atomic mass is 16.1. The summed E-state index contributed by atoms with van der Waals surface area (Å²) < 4.78 is 0. The molecule has 0 aromatic carbocycles. The Morgan fingerprint density at radius 2 is 1.64 bits per heavy atom. The Balaban J connectivity index is 0. The first-order valence-electron chi connectivity index (χ1n) is 8.91. The van der Waals surface area contributed by atoms with Crippen molar-refractivity contribution in [2.45, 2.75) is 74.7 Å². The first-order chi connectivity index (χ1) is 10.8. The molecule has 0 N–H and O–H groups in total. The van der Waals surface area contributed by atoms with Crippen LogP contribution in [-0.2, 0) is 9.59 Å². The second kappa shape index (κ2) is 11.4. The van der Waals surface area contributed by atoms with Gasteiger partial charge in [-0.3, -0.25) is 9.59 Å². The molecule has 1 aliphatic carbocycles. The topological polar surface area (TPSA) is 37.4 Å². The number of Topliss-reactive ketones (excluding diaryl/α,β-unsaturated/α-hetero) is 1. The molecule has 146 valence electrons. The van der Waals surface area contributed by atoms with Crippen LogP contribution >= 0.6 is 0 Å². The summed E-state index contributed by atoms with van der Waals surface area (Å²) >= 11 is 0. The maximum absolute atomic E-state index is 11.4. The van der Waals surface area contributed by atoms with Gasteiger partial charge in [-0.15, -0.1) is 0 Å². The Labute approximate surface area is 156 Å². The lowest BCUT2D eigenvalue weighted by molar-refractivity contribution is -0.121. The quantitative estimate of drug-likeness (QED) is 0.596. The molecule has 1 aliphatic rings. The first kappa shape index (κ1) is 26.0. The molecule has 0 heterocycles. The third-order valence-electron chi connectivity index (χ3n) is 3.74. The lowest BCUT2D eigenvalue weighted by atomic mass is 9.86. The SMILES string of the molecule is C.CC(C)(C)CCC(=O)C1=CCC1.CN(C)C/C=C/C(=O)C(C)(C)C. The molecule has 0 atom stereocenters. The number of carbonyl (C=O) groups is 2. The highest BCUT2D eigenvalue weighted by Crippen LogP contribution is 2.25. The number of allylic oxidation sites excluding steroid dienone is 3. The fourth-order valence-corrected chi connectivity index (χ4v) is 1.81. The molecular formula is C22H41NO2. The summed E-state index contributed by atoms with van der Waals surface area (Å²) in [6, 6.07) is 0. The number of hydrogen-bond donors (Lipinski definition) is 0. The fourth-order valence-electron chi connectivity index (χ4n) is 1.81. The van der Waals surface area contributed by atoms with Crippen molar-refractivity contribution in [3.05, 3.63) is 23.8 Å². The van der Waals surface area contributed by atoms with Crippen LogP contribution in [0.3, 0.4) is 0 Å². The highest BCUT2D eigenvalue weighted by molar-refractivity contribution is 5.96. The molecule has 0 aromatic heterocycles. The molecular weight excluding hydrogens is 310 g/mol. The maximum Gasteiger partial charge on any atom is 0.160 e. The minimum Gasteiger partial charge on any atom is -0.306 e. The first-order valence-corrected chi connectivity index (χ1v) is 8.91. The molecule has 0 aliphatic heterocycles. The van der Waals surface area contributed by atoms with E-state index >= 15 is 0 Å². The van der Waals surface area contributed by atoms with E-state index in [1.807, 2.05) is 45.8 Å². The Kier molecular flexibility index (Phi) is 11.9. The van der Waals surface area contributed by atoms with E-state index in [4.69, 9.17) is 0 Å². The van der Waals surface area contributed by atoms with Gasteiger partial charge >= 0.3 is 0 Å². The molecule has 0 bridgehead atoms. The molecule has 0 spiro atoms. The predicted molar refractivity (Wildman–Crippen MR) is 110 cm³/mol. The van der Waals surface area contributed by atoms with Crippen LogP contribution in [0.4, 0.5) is 0 Å². The molecule has 0 amide bonds. The van der Waals surface area contributed by atoms with Crippen molar-refractivity contribution >= 4 is 11.6 Å². The van der Waals surface area contributed by atoms with Gasteiger partial charge in [-0.1, -0.05) is 61.1 Å². The molecule has 0 radical (unpaired) electrons. The van der Waals surface area contributed by atoms with Gasteiger partial charge in [0.05, 0.1) is 0 Å². The maximum atomic E-state index is 11.4. The Morgan fingerprint density at radius 1 is 1.12 bits per heavy atom. The van der Waals surface area contributed by atoms with Crippen LogP contribution in [0.25, 0.3) is 0 Å². The van der Waals surface area contributed by atoms with Gasteiger partial charge in [0.25, 0.3) is 0 Å². The molecule has 25 heavy (non-hydrogen) atoms. The summed E-state index contributed by atoms with van der Waals surface area (Å²) in [7, 11) is 3.96. The van der Waals surface area contributed by atoms with Gasteiger partial charge in [0, 0.05) is 18.4 Å². The van der Waals surface area contributed by atoms with E-state index in [-0.39, 0.29) is 18.6 Å². The zero-order chi connectivity index (χ0) is 19.0. The minimum atomic E-state index is -0.247. The van der Waals surface area contributed by atoms with Crippen molar-refractivity contribution in [3.8, 4) is 0 Å². The van der Waals surface area contributed by atoms with Gasteiger partial charge in [-0.05, 0) is 50.4 Å². The lowest BCUT2D eigenvalue weighted by Crippen LogP contribution is -2.18. The molecule has 0 unspecified atom stereocenters. The zero-order valence-electron chi connectivity index (χ0n) is 17.0. The van der Waals surface area contributed by atoms with Crippen LogP contribution < -0.4 is 0 Å². The van der Waals surface area contributed by atoms with Gasteiger partial charge in [-0.2, -0.15) is 0 Å². The van der Waals surface area contributed by atoms with E-state index in [0.29, 0.717) is 11.2 Å². The van der Waals surface area contributed by atoms with Crippen molar-refractivity contribution in [3.63, 3.8) is 0 Å². The smallest absolute Gasteiger partial charge is 0.160 e. The van der Waals surface area contributed by atoms with E-state index in [2.05, 4.69) is 26.8 Å². The summed E-state index contributed by atoms with van der Waals surface area (Å²) in [4.78, 5) is 24.8. The van der Waals surface area contributed by atoms with Crippen molar-refractivity contribution in [2.24, 2.45) is 10.8 Å². The summed E-state index contributed by atoms with van der Waals surface area (Å²) in [5.74, 6) is 0.556. The van der Waals surface area contributed by atoms with Gasteiger partial charge in [0.15, 0.2) is 11.6 Å². The van der Waals surface area contributed by atoms with Crippen LogP contribution in [-0.4, -0.2) is 37.1 Å². The van der Waals surface area contributed by atoms with E-state index in [1.54, 1.807) is 6.08 Å². The summed E-state index contributed by atoms with van der Waals surface area (Å²) in [6.07, 6.45) is 9.48. The molecule has 0 saturated heterocycles.